The lowest BCUT2D eigenvalue weighted by Crippen LogP contribution is -2.44. The van der Waals surface area contributed by atoms with E-state index in [0.29, 0.717) is 5.69 Å². The molecule has 8 nitrogen and oxygen atoms in total. The first kappa shape index (κ1) is 17.9. The van der Waals surface area contributed by atoms with Crippen molar-refractivity contribution in [1.29, 1.82) is 0 Å². The largest absolute Gasteiger partial charge is 0.508 e. The van der Waals surface area contributed by atoms with E-state index in [1.807, 2.05) is 0 Å². The molecule has 1 atom stereocenters. The number of phenolic OH excluding ortho intramolecular Hbond substituents is 1. The molecular weight excluding hydrogens is 326 g/mol. The summed E-state index contributed by atoms with van der Waals surface area (Å²) in [5.74, 6) is -0.699. The van der Waals surface area contributed by atoms with E-state index in [-0.39, 0.29) is 23.8 Å². The first-order valence-corrected chi connectivity index (χ1v) is 7.45. The first-order chi connectivity index (χ1) is 11.8. The zero-order valence-electron chi connectivity index (χ0n) is 13.4. The van der Waals surface area contributed by atoms with Gasteiger partial charge >= 0.3 is 0 Å². The van der Waals surface area contributed by atoms with Crippen LogP contribution in [-0.2, 0) is 16.0 Å². The predicted molar refractivity (Wildman–Crippen MR) is 91.1 cm³/mol. The van der Waals surface area contributed by atoms with Crippen LogP contribution in [-0.4, -0.2) is 27.9 Å². The minimum absolute atomic E-state index is 0.0829. The Bertz CT molecular complexity index is 772. The molecule has 0 saturated carbocycles. The van der Waals surface area contributed by atoms with Crippen LogP contribution in [0.3, 0.4) is 0 Å². The number of carbonyl (C=O) groups is 2. The number of anilines is 1. The van der Waals surface area contributed by atoms with E-state index in [1.165, 1.54) is 43.3 Å². The molecule has 0 heterocycles. The second kappa shape index (κ2) is 7.91. The van der Waals surface area contributed by atoms with Crippen molar-refractivity contribution in [3.8, 4) is 5.75 Å². The number of nitrogens with one attached hydrogen (secondary N) is 2. The molecule has 0 saturated heterocycles. The summed E-state index contributed by atoms with van der Waals surface area (Å²) in [6.45, 7) is 1.31. The highest BCUT2D eigenvalue weighted by Crippen LogP contribution is 2.16. The van der Waals surface area contributed by atoms with Crippen molar-refractivity contribution in [3.63, 3.8) is 0 Å². The van der Waals surface area contributed by atoms with E-state index >= 15 is 0 Å². The zero-order chi connectivity index (χ0) is 18.4. The standard InChI is InChI=1S/C17H17N3O5/c1-11(21)18-16(10-12-2-8-15(22)9-3-12)17(23)19-13-4-6-14(7-5-13)20(24)25/h2-9,16,22H,10H2,1H3,(H,18,21)(H,19,23)/t16-/m0/s1. The Labute approximate surface area is 143 Å². The molecule has 0 aliphatic carbocycles. The molecule has 0 unspecified atom stereocenters. The molecule has 0 radical (unpaired) electrons. The van der Waals surface area contributed by atoms with Gasteiger partial charge in [-0.2, -0.15) is 0 Å². The number of benzene rings is 2. The van der Waals surface area contributed by atoms with Crippen LogP contribution in [0.15, 0.2) is 48.5 Å². The van der Waals surface area contributed by atoms with Gasteiger partial charge in [-0.05, 0) is 29.8 Å². The smallest absolute Gasteiger partial charge is 0.269 e. The number of rotatable bonds is 6. The predicted octanol–water partition coefficient (Wildman–Crippen LogP) is 1.99. The Morgan fingerprint density at radius 1 is 1.12 bits per heavy atom. The Hall–Kier alpha value is -3.42. The first-order valence-electron chi connectivity index (χ1n) is 7.45. The Balaban J connectivity index is 2.10. The molecule has 2 rings (SSSR count). The summed E-state index contributed by atoms with van der Waals surface area (Å²) in [6.07, 6.45) is 0.235. The summed E-state index contributed by atoms with van der Waals surface area (Å²) in [7, 11) is 0. The maximum atomic E-state index is 12.4. The fourth-order valence-electron chi connectivity index (χ4n) is 2.22. The zero-order valence-corrected chi connectivity index (χ0v) is 13.4. The van der Waals surface area contributed by atoms with Gasteiger partial charge in [0.15, 0.2) is 0 Å². The fraction of sp³-hybridized carbons (Fsp3) is 0.176. The molecule has 2 aromatic rings. The summed E-state index contributed by atoms with van der Waals surface area (Å²) in [5, 5.41) is 25.1. The summed E-state index contributed by atoms with van der Waals surface area (Å²) < 4.78 is 0. The number of phenols is 1. The van der Waals surface area contributed by atoms with Gasteiger partial charge in [0.25, 0.3) is 5.69 Å². The van der Waals surface area contributed by atoms with E-state index in [0.717, 1.165) is 5.56 Å². The van der Waals surface area contributed by atoms with E-state index in [1.54, 1.807) is 12.1 Å². The van der Waals surface area contributed by atoms with E-state index in [4.69, 9.17) is 0 Å². The Morgan fingerprint density at radius 3 is 2.24 bits per heavy atom. The summed E-state index contributed by atoms with van der Waals surface area (Å²) >= 11 is 0. The van der Waals surface area contributed by atoms with Crippen LogP contribution in [0.5, 0.6) is 5.75 Å². The van der Waals surface area contributed by atoms with Crippen molar-refractivity contribution in [1.82, 2.24) is 5.32 Å². The number of carbonyl (C=O) groups excluding carboxylic acids is 2. The van der Waals surface area contributed by atoms with Crippen molar-refractivity contribution in [3.05, 3.63) is 64.2 Å². The van der Waals surface area contributed by atoms with Gasteiger partial charge in [-0.3, -0.25) is 19.7 Å². The second-order valence-corrected chi connectivity index (χ2v) is 5.42. The lowest BCUT2D eigenvalue weighted by Gasteiger charge is -2.18. The number of nitro groups is 1. The number of hydrogen-bond acceptors (Lipinski definition) is 5. The molecule has 25 heavy (non-hydrogen) atoms. The van der Waals surface area contributed by atoms with Gasteiger partial charge < -0.3 is 15.7 Å². The highest BCUT2D eigenvalue weighted by atomic mass is 16.6. The maximum absolute atomic E-state index is 12.4. The van der Waals surface area contributed by atoms with Gasteiger partial charge in [0.1, 0.15) is 11.8 Å². The van der Waals surface area contributed by atoms with Gasteiger partial charge in [-0.15, -0.1) is 0 Å². The van der Waals surface area contributed by atoms with Crippen LogP contribution < -0.4 is 10.6 Å². The quantitative estimate of drug-likeness (QED) is 0.547. The summed E-state index contributed by atoms with van der Waals surface area (Å²) in [4.78, 5) is 33.9. The van der Waals surface area contributed by atoms with Gasteiger partial charge in [0.05, 0.1) is 4.92 Å². The van der Waals surface area contributed by atoms with Gasteiger partial charge in [0, 0.05) is 31.2 Å². The molecule has 130 valence electrons. The number of non-ortho nitro benzene ring substituents is 1. The molecule has 0 spiro atoms. The maximum Gasteiger partial charge on any atom is 0.269 e. The topological polar surface area (TPSA) is 122 Å². The highest BCUT2D eigenvalue weighted by molar-refractivity contribution is 5.97. The molecule has 0 bridgehead atoms. The molecule has 8 heteroatoms. The van der Waals surface area contributed by atoms with Crippen molar-refractivity contribution in [2.45, 2.75) is 19.4 Å². The minimum atomic E-state index is -0.822. The van der Waals surface area contributed by atoms with Gasteiger partial charge in [0.2, 0.25) is 11.8 Å². The third kappa shape index (κ3) is 5.31. The number of nitro benzene ring substituents is 1. The molecule has 0 fully saturated rings. The second-order valence-electron chi connectivity index (χ2n) is 5.42. The number of amides is 2. The van der Waals surface area contributed by atoms with Crippen LogP contribution in [0.2, 0.25) is 0 Å². The van der Waals surface area contributed by atoms with Crippen LogP contribution in [0, 0.1) is 10.1 Å². The fourth-order valence-corrected chi connectivity index (χ4v) is 2.22. The van der Waals surface area contributed by atoms with E-state index in [9.17, 15) is 24.8 Å². The third-order valence-electron chi connectivity index (χ3n) is 3.42. The van der Waals surface area contributed by atoms with Crippen molar-refractivity contribution in [2.24, 2.45) is 0 Å². The average molecular weight is 343 g/mol. The molecule has 0 aromatic heterocycles. The van der Waals surface area contributed by atoms with Crippen LogP contribution >= 0.6 is 0 Å². The Kier molecular flexibility index (Phi) is 5.67. The number of hydrogen-bond donors (Lipinski definition) is 3. The molecule has 2 aromatic carbocycles. The van der Waals surface area contributed by atoms with Crippen molar-refractivity contribution < 1.29 is 19.6 Å². The van der Waals surface area contributed by atoms with Crippen molar-refractivity contribution >= 4 is 23.2 Å². The Morgan fingerprint density at radius 2 is 1.72 bits per heavy atom. The number of aromatic hydroxyl groups is 1. The third-order valence-corrected chi connectivity index (χ3v) is 3.42. The van der Waals surface area contributed by atoms with Crippen molar-refractivity contribution in [2.75, 3.05) is 5.32 Å². The van der Waals surface area contributed by atoms with Crippen LogP contribution in [0.25, 0.3) is 0 Å². The monoisotopic (exact) mass is 343 g/mol. The van der Waals surface area contributed by atoms with Gasteiger partial charge in [-0.1, -0.05) is 12.1 Å². The lowest BCUT2D eigenvalue weighted by molar-refractivity contribution is -0.384. The summed E-state index contributed by atoms with van der Waals surface area (Å²) in [5.41, 5.74) is 1.06. The number of nitrogens with zero attached hydrogens (tertiary/aromatic N) is 1. The minimum Gasteiger partial charge on any atom is -0.508 e. The normalized spacial score (nSPS) is 11.4. The lowest BCUT2D eigenvalue weighted by atomic mass is 10.0. The summed E-state index contributed by atoms with van der Waals surface area (Å²) in [6, 6.07) is 10.9. The van der Waals surface area contributed by atoms with Gasteiger partial charge in [-0.25, -0.2) is 0 Å². The van der Waals surface area contributed by atoms with Crippen LogP contribution in [0.4, 0.5) is 11.4 Å². The van der Waals surface area contributed by atoms with Crippen LogP contribution in [0.1, 0.15) is 12.5 Å². The highest BCUT2D eigenvalue weighted by Gasteiger charge is 2.20. The average Bonchev–Trinajstić information content (AvgIpc) is 2.56. The molecule has 0 aliphatic rings. The molecule has 3 N–H and O–H groups in total. The molecule has 2 amide bonds. The SMILES string of the molecule is CC(=O)N[C@@H](Cc1ccc(O)cc1)C(=O)Nc1ccc([N+](=O)[O-])cc1. The molecule has 0 aliphatic heterocycles. The van der Waals surface area contributed by atoms with E-state index < -0.39 is 16.9 Å². The molecular formula is C17H17N3O5. The van der Waals surface area contributed by atoms with E-state index in [2.05, 4.69) is 10.6 Å².